The van der Waals surface area contributed by atoms with E-state index < -0.39 is 11.6 Å². The van der Waals surface area contributed by atoms with Crippen LogP contribution in [0.15, 0.2) is 18.2 Å². The molecule has 0 aliphatic rings. The van der Waals surface area contributed by atoms with Gasteiger partial charge in [0.15, 0.2) is 0 Å². The number of halogens is 2. The van der Waals surface area contributed by atoms with Crippen LogP contribution in [0.2, 0.25) is 0 Å². The summed E-state index contributed by atoms with van der Waals surface area (Å²) >= 11 is 0. The van der Waals surface area contributed by atoms with Crippen LogP contribution in [0.3, 0.4) is 0 Å². The Morgan fingerprint density at radius 2 is 1.83 bits per heavy atom. The van der Waals surface area contributed by atoms with Crippen LogP contribution in [0.5, 0.6) is 0 Å². The summed E-state index contributed by atoms with van der Waals surface area (Å²) in [5.41, 5.74) is 0.521. The molecule has 1 rings (SSSR count). The molecular formula is C15H23F2N. The summed E-state index contributed by atoms with van der Waals surface area (Å²) in [5.74, 6) is -0.361. The molecule has 0 spiro atoms. The minimum Gasteiger partial charge on any atom is -0.308 e. The van der Waals surface area contributed by atoms with Gasteiger partial charge in [0.2, 0.25) is 0 Å². The van der Waals surface area contributed by atoms with Gasteiger partial charge in [-0.3, -0.25) is 0 Å². The molecule has 0 heterocycles. The quantitative estimate of drug-likeness (QED) is 0.792. The van der Waals surface area contributed by atoms with E-state index in [1.54, 1.807) is 0 Å². The second-order valence-corrected chi connectivity index (χ2v) is 5.20. The van der Waals surface area contributed by atoms with Crippen molar-refractivity contribution in [3.63, 3.8) is 0 Å². The molecule has 0 saturated carbocycles. The van der Waals surface area contributed by atoms with Gasteiger partial charge in [0, 0.05) is 23.7 Å². The highest BCUT2D eigenvalue weighted by atomic mass is 19.1. The molecule has 0 radical (unpaired) electrons. The molecule has 0 saturated heterocycles. The highest BCUT2D eigenvalue weighted by Crippen LogP contribution is 2.19. The minimum absolute atomic E-state index is 0.107. The van der Waals surface area contributed by atoms with Crippen molar-refractivity contribution >= 4 is 0 Å². The van der Waals surface area contributed by atoms with E-state index in [4.69, 9.17) is 0 Å². The second kappa shape index (κ2) is 6.83. The number of nitrogens with one attached hydrogen (secondary N) is 1. The topological polar surface area (TPSA) is 12.0 Å². The summed E-state index contributed by atoms with van der Waals surface area (Å²) in [6.07, 6.45) is 2.20. The Hall–Kier alpha value is -0.960. The number of rotatable bonds is 6. The van der Waals surface area contributed by atoms with Crippen LogP contribution >= 0.6 is 0 Å². The summed E-state index contributed by atoms with van der Waals surface area (Å²) in [7, 11) is 0. The Bertz CT molecular complexity index is 379. The van der Waals surface area contributed by atoms with Crippen LogP contribution in [0.4, 0.5) is 8.78 Å². The maximum absolute atomic E-state index is 13.6. The molecule has 0 bridgehead atoms. The second-order valence-electron chi connectivity index (χ2n) is 5.20. The molecule has 0 aliphatic heterocycles. The van der Waals surface area contributed by atoms with Gasteiger partial charge in [-0.1, -0.05) is 26.3 Å². The zero-order valence-corrected chi connectivity index (χ0v) is 11.6. The lowest BCUT2D eigenvalue weighted by Gasteiger charge is -2.23. The van der Waals surface area contributed by atoms with E-state index in [1.165, 1.54) is 12.1 Å². The van der Waals surface area contributed by atoms with Gasteiger partial charge >= 0.3 is 0 Å². The maximum Gasteiger partial charge on any atom is 0.130 e. The fourth-order valence-electron chi connectivity index (χ4n) is 2.21. The van der Waals surface area contributed by atoms with Crippen molar-refractivity contribution in [2.45, 2.75) is 52.6 Å². The van der Waals surface area contributed by atoms with Gasteiger partial charge in [-0.2, -0.15) is 0 Å². The van der Waals surface area contributed by atoms with Crippen molar-refractivity contribution in [3.05, 3.63) is 35.4 Å². The number of hydrogen-bond acceptors (Lipinski definition) is 1. The predicted molar refractivity (Wildman–Crippen MR) is 71.4 cm³/mol. The molecule has 1 aromatic carbocycles. The minimum atomic E-state index is -0.531. The zero-order chi connectivity index (χ0) is 13.7. The summed E-state index contributed by atoms with van der Waals surface area (Å²) in [6, 6.07) is 3.96. The Morgan fingerprint density at radius 3 is 2.39 bits per heavy atom. The van der Waals surface area contributed by atoms with Gasteiger partial charge < -0.3 is 5.32 Å². The fraction of sp³-hybridized carbons (Fsp3) is 0.600. The van der Waals surface area contributed by atoms with Crippen molar-refractivity contribution in [2.75, 3.05) is 0 Å². The Labute approximate surface area is 109 Å². The van der Waals surface area contributed by atoms with Crippen molar-refractivity contribution in [2.24, 2.45) is 5.92 Å². The smallest absolute Gasteiger partial charge is 0.130 e. The molecule has 0 fully saturated rings. The summed E-state index contributed by atoms with van der Waals surface area (Å²) in [4.78, 5) is 0. The fourth-order valence-corrected chi connectivity index (χ4v) is 2.21. The van der Waals surface area contributed by atoms with E-state index in [1.807, 2.05) is 6.92 Å². The molecule has 102 valence electrons. The summed E-state index contributed by atoms with van der Waals surface area (Å²) < 4.78 is 26.4. The molecule has 3 unspecified atom stereocenters. The van der Waals surface area contributed by atoms with Crippen LogP contribution in [-0.2, 0) is 0 Å². The number of benzene rings is 1. The van der Waals surface area contributed by atoms with Crippen molar-refractivity contribution in [1.82, 2.24) is 5.32 Å². The standard InChI is InChI=1S/C15H23F2N/c1-5-10(2)8-11(3)18-12(4)14-7-6-13(16)9-15(14)17/h6-7,9-12,18H,5,8H2,1-4H3. The molecule has 1 aromatic rings. The van der Waals surface area contributed by atoms with E-state index in [9.17, 15) is 8.78 Å². The first-order valence-electron chi connectivity index (χ1n) is 6.65. The highest BCUT2D eigenvalue weighted by molar-refractivity contribution is 5.21. The van der Waals surface area contributed by atoms with Crippen LogP contribution in [0, 0.1) is 17.6 Å². The SMILES string of the molecule is CCC(C)CC(C)NC(C)c1ccc(F)cc1F. The zero-order valence-electron chi connectivity index (χ0n) is 11.6. The van der Waals surface area contributed by atoms with E-state index in [0.29, 0.717) is 17.5 Å². The van der Waals surface area contributed by atoms with Gasteiger partial charge in [-0.25, -0.2) is 8.78 Å². The lowest BCUT2D eigenvalue weighted by Crippen LogP contribution is -2.30. The third-order valence-corrected chi connectivity index (χ3v) is 3.42. The third-order valence-electron chi connectivity index (χ3n) is 3.42. The van der Waals surface area contributed by atoms with Gasteiger partial charge in [-0.15, -0.1) is 0 Å². The van der Waals surface area contributed by atoms with E-state index >= 15 is 0 Å². The third kappa shape index (κ3) is 4.37. The molecule has 0 aromatic heterocycles. The highest BCUT2D eigenvalue weighted by Gasteiger charge is 2.15. The largest absolute Gasteiger partial charge is 0.308 e. The molecule has 3 atom stereocenters. The monoisotopic (exact) mass is 255 g/mol. The van der Waals surface area contributed by atoms with Gasteiger partial charge in [-0.05, 0) is 32.3 Å². The first-order valence-corrected chi connectivity index (χ1v) is 6.65. The van der Waals surface area contributed by atoms with Crippen LogP contribution in [-0.4, -0.2) is 6.04 Å². The van der Waals surface area contributed by atoms with E-state index in [-0.39, 0.29) is 6.04 Å². The van der Waals surface area contributed by atoms with Crippen LogP contribution < -0.4 is 5.32 Å². The molecule has 3 heteroatoms. The molecule has 0 aliphatic carbocycles. The van der Waals surface area contributed by atoms with Gasteiger partial charge in [0.05, 0.1) is 0 Å². The summed E-state index contributed by atoms with van der Waals surface area (Å²) in [6.45, 7) is 8.38. The molecular weight excluding hydrogens is 232 g/mol. The van der Waals surface area contributed by atoms with E-state index in [0.717, 1.165) is 18.9 Å². The van der Waals surface area contributed by atoms with Crippen molar-refractivity contribution in [1.29, 1.82) is 0 Å². The Morgan fingerprint density at radius 1 is 1.17 bits per heavy atom. The lowest BCUT2D eigenvalue weighted by molar-refractivity contribution is 0.380. The summed E-state index contributed by atoms with van der Waals surface area (Å²) in [5, 5.41) is 3.36. The average Bonchev–Trinajstić information content (AvgIpc) is 2.28. The lowest BCUT2D eigenvalue weighted by atomic mass is 9.99. The predicted octanol–water partition coefficient (Wildman–Crippen LogP) is 4.44. The van der Waals surface area contributed by atoms with Gasteiger partial charge in [0.25, 0.3) is 0 Å². The van der Waals surface area contributed by atoms with Crippen molar-refractivity contribution in [3.8, 4) is 0 Å². The first-order chi connectivity index (χ1) is 8.43. The van der Waals surface area contributed by atoms with Crippen LogP contribution in [0.1, 0.15) is 52.1 Å². The molecule has 1 N–H and O–H groups in total. The van der Waals surface area contributed by atoms with Crippen LogP contribution in [0.25, 0.3) is 0 Å². The normalized spacial score (nSPS) is 16.3. The van der Waals surface area contributed by atoms with Gasteiger partial charge in [0.1, 0.15) is 11.6 Å². The molecule has 1 nitrogen and oxygen atoms in total. The maximum atomic E-state index is 13.6. The number of hydrogen-bond donors (Lipinski definition) is 1. The molecule has 0 amide bonds. The van der Waals surface area contributed by atoms with E-state index in [2.05, 4.69) is 26.1 Å². The first kappa shape index (κ1) is 15.1. The Kier molecular flexibility index (Phi) is 5.73. The molecule has 18 heavy (non-hydrogen) atoms. The Balaban J connectivity index is 2.61. The van der Waals surface area contributed by atoms with Crippen molar-refractivity contribution < 1.29 is 8.78 Å². The average molecular weight is 255 g/mol.